The molecule has 0 heterocycles. The van der Waals surface area contributed by atoms with Crippen molar-refractivity contribution < 1.29 is 32.4 Å². The number of ether oxygens (including phenoxy) is 1. The number of nitro benzene ring substituents is 1. The van der Waals surface area contributed by atoms with E-state index in [1.807, 2.05) is 0 Å². The van der Waals surface area contributed by atoms with Crippen molar-refractivity contribution in [2.45, 2.75) is 19.2 Å². The number of amides is 1. The van der Waals surface area contributed by atoms with E-state index in [2.05, 4.69) is 5.32 Å². The minimum Gasteiger partial charge on any atom is -0.449 e. The maximum absolute atomic E-state index is 12.7. The highest BCUT2D eigenvalue weighted by molar-refractivity contribution is 5.98. The van der Waals surface area contributed by atoms with Gasteiger partial charge in [-0.05, 0) is 31.2 Å². The van der Waals surface area contributed by atoms with Gasteiger partial charge in [0.15, 0.2) is 6.10 Å². The Morgan fingerprint density at radius 2 is 1.81 bits per heavy atom. The van der Waals surface area contributed by atoms with E-state index in [0.29, 0.717) is 6.07 Å². The molecule has 2 rings (SSSR count). The molecular weight excluding hydrogens is 369 g/mol. The molecule has 0 spiro atoms. The average molecular weight is 382 g/mol. The normalized spacial score (nSPS) is 12.1. The number of hydrogen-bond acceptors (Lipinski definition) is 5. The Morgan fingerprint density at radius 3 is 2.44 bits per heavy atom. The lowest BCUT2D eigenvalue weighted by atomic mass is 10.1. The average Bonchev–Trinajstić information content (AvgIpc) is 2.61. The van der Waals surface area contributed by atoms with Gasteiger partial charge in [-0.2, -0.15) is 13.2 Å². The highest BCUT2D eigenvalue weighted by Gasteiger charge is 2.31. The van der Waals surface area contributed by atoms with E-state index in [4.69, 9.17) is 4.74 Å². The lowest BCUT2D eigenvalue weighted by Crippen LogP contribution is -2.30. The summed E-state index contributed by atoms with van der Waals surface area (Å²) >= 11 is 0. The van der Waals surface area contributed by atoms with Gasteiger partial charge >= 0.3 is 12.1 Å². The Morgan fingerprint density at radius 1 is 1.15 bits per heavy atom. The van der Waals surface area contributed by atoms with Gasteiger partial charge in [-0.15, -0.1) is 0 Å². The molecule has 0 aromatic heterocycles. The Bertz CT molecular complexity index is 883. The minimum absolute atomic E-state index is 0.102. The van der Waals surface area contributed by atoms with Crippen molar-refractivity contribution >= 4 is 23.3 Å². The highest BCUT2D eigenvalue weighted by Crippen LogP contribution is 2.29. The van der Waals surface area contributed by atoms with Gasteiger partial charge in [0.05, 0.1) is 16.1 Å². The lowest BCUT2D eigenvalue weighted by Gasteiger charge is -2.14. The van der Waals surface area contributed by atoms with Gasteiger partial charge < -0.3 is 10.1 Å². The molecule has 2 aromatic carbocycles. The molecule has 2 aromatic rings. The molecule has 0 unspecified atom stereocenters. The Balaban J connectivity index is 2.09. The third-order valence-electron chi connectivity index (χ3n) is 3.44. The Labute approximate surface area is 150 Å². The topological polar surface area (TPSA) is 98.5 Å². The van der Waals surface area contributed by atoms with Crippen molar-refractivity contribution in [2.75, 3.05) is 5.32 Å². The first-order chi connectivity index (χ1) is 12.6. The largest absolute Gasteiger partial charge is 0.449 e. The molecule has 0 radical (unpaired) electrons. The number of esters is 1. The fourth-order valence-corrected chi connectivity index (χ4v) is 2.08. The van der Waals surface area contributed by atoms with Crippen LogP contribution in [0.3, 0.4) is 0 Å². The number of halogens is 3. The van der Waals surface area contributed by atoms with Crippen LogP contribution in [0.4, 0.5) is 24.5 Å². The first kappa shape index (κ1) is 19.9. The summed E-state index contributed by atoms with van der Waals surface area (Å²) in [5, 5.41) is 13.2. The number of alkyl halides is 3. The fraction of sp³-hybridized carbons (Fsp3) is 0.176. The van der Waals surface area contributed by atoms with Crippen LogP contribution in [0.15, 0.2) is 48.5 Å². The zero-order chi connectivity index (χ0) is 20.2. The third kappa shape index (κ3) is 5.03. The Hall–Kier alpha value is -3.43. The molecule has 0 fully saturated rings. The maximum Gasteiger partial charge on any atom is 0.416 e. The number of hydrogen-bond donors (Lipinski definition) is 1. The number of nitrogens with one attached hydrogen (secondary N) is 1. The second-order valence-corrected chi connectivity index (χ2v) is 5.39. The van der Waals surface area contributed by atoms with E-state index < -0.39 is 34.6 Å². The van der Waals surface area contributed by atoms with E-state index in [1.54, 1.807) is 0 Å². The number of para-hydroxylation sites is 2. The summed E-state index contributed by atoms with van der Waals surface area (Å²) in [5.74, 6) is -2.00. The van der Waals surface area contributed by atoms with Crippen LogP contribution in [0, 0.1) is 10.1 Å². The third-order valence-corrected chi connectivity index (χ3v) is 3.44. The van der Waals surface area contributed by atoms with E-state index in [0.717, 1.165) is 18.2 Å². The highest BCUT2D eigenvalue weighted by atomic mass is 19.4. The van der Waals surface area contributed by atoms with Gasteiger partial charge in [0, 0.05) is 6.07 Å². The van der Waals surface area contributed by atoms with Gasteiger partial charge in [-0.3, -0.25) is 14.9 Å². The summed E-state index contributed by atoms with van der Waals surface area (Å²) in [4.78, 5) is 34.3. The molecule has 0 saturated carbocycles. The summed E-state index contributed by atoms with van der Waals surface area (Å²) < 4.78 is 42.9. The van der Waals surface area contributed by atoms with Crippen molar-refractivity contribution in [3.8, 4) is 0 Å². The molecule has 0 saturated heterocycles. The zero-order valence-electron chi connectivity index (χ0n) is 13.8. The van der Waals surface area contributed by atoms with Crippen LogP contribution in [-0.2, 0) is 15.7 Å². The van der Waals surface area contributed by atoms with Crippen LogP contribution in [0.1, 0.15) is 22.8 Å². The van der Waals surface area contributed by atoms with E-state index in [-0.39, 0.29) is 16.9 Å². The predicted octanol–water partition coefficient (Wildman–Crippen LogP) is 3.80. The summed E-state index contributed by atoms with van der Waals surface area (Å²) in [6, 6.07) is 8.89. The molecule has 1 N–H and O–H groups in total. The smallest absolute Gasteiger partial charge is 0.416 e. The predicted molar refractivity (Wildman–Crippen MR) is 88.0 cm³/mol. The molecule has 27 heavy (non-hydrogen) atoms. The number of anilines is 1. The molecule has 0 aliphatic rings. The van der Waals surface area contributed by atoms with Crippen LogP contribution in [-0.4, -0.2) is 22.9 Å². The van der Waals surface area contributed by atoms with Crippen LogP contribution in [0.5, 0.6) is 0 Å². The van der Waals surface area contributed by atoms with Crippen molar-refractivity contribution in [3.63, 3.8) is 0 Å². The first-order valence-corrected chi connectivity index (χ1v) is 7.52. The second-order valence-electron chi connectivity index (χ2n) is 5.39. The van der Waals surface area contributed by atoms with Crippen molar-refractivity contribution in [1.82, 2.24) is 0 Å². The summed E-state index contributed by atoms with van der Waals surface area (Å²) in [7, 11) is 0. The van der Waals surface area contributed by atoms with Gasteiger partial charge in [0.2, 0.25) is 0 Å². The molecule has 1 amide bonds. The van der Waals surface area contributed by atoms with Gasteiger partial charge in [0.1, 0.15) is 5.69 Å². The van der Waals surface area contributed by atoms with Crippen molar-refractivity contribution in [2.24, 2.45) is 0 Å². The number of carbonyl (C=O) groups is 2. The Kier molecular flexibility index (Phi) is 5.78. The van der Waals surface area contributed by atoms with Gasteiger partial charge in [-0.1, -0.05) is 18.2 Å². The first-order valence-electron chi connectivity index (χ1n) is 7.52. The van der Waals surface area contributed by atoms with Crippen molar-refractivity contribution in [1.29, 1.82) is 0 Å². The maximum atomic E-state index is 12.7. The monoisotopic (exact) mass is 382 g/mol. The number of nitro groups is 1. The molecule has 0 bridgehead atoms. The molecular formula is C17H13F3N2O5. The van der Waals surface area contributed by atoms with Gasteiger partial charge in [0.25, 0.3) is 11.6 Å². The number of nitrogens with zero attached hydrogens (tertiary/aromatic N) is 1. The lowest BCUT2D eigenvalue weighted by molar-refractivity contribution is -0.383. The van der Waals surface area contributed by atoms with Crippen LogP contribution in [0.25, 0.3) is 0 Å². The molecule has 0 aliphatic heterocycles. The van der Waals surface area contributed by atoms with E-state index in [9.17, 15) is 32.9 Å². The van der Waals surface area contributed by atoms with Gasteiger partial charge in [-0.25, -0.2) is 4.79 Å². The number of benzene rings is 2. The van der Waals surface area contributed by atoms with Crippen molar-refractivity contribution in [3.05, 3.63) is 69.8 Å². The fourth-order valence-electron chi connectivity index (χ4n) is 2.08. The standard InChI is InChI=1S/C17H13F3N2O5/c1-10(15(23)21-13-7-2-3-8-14(13)22(25)26)27-16(24)11-5-4-6-12(9-11)17(18,19)20/h2-10H,1H3,(H,21,23)/t10-/m0/s1. The second kappa shape index (κ2) is 7.85. The van der Waals surface area contributed by atoms with E-state index in [1.165, 1.54) is 31.2 Å². The molecule has 142 valence electrons. The van der Waals surface area contributed by atoms with E-state index >= 15 is 0 Å². The molecule has 7 nitrogen and oxygen atoms in total. The van der Waals surface area contributed by atoms with Crippen LogP contribution in [0.2, 0.25) is 0 Å². The SMILES string of the molecule is C[C@H](OC(=O)c1cccc(C(F)(F)F)c1)C(=O)Nc1ccccc1[N+](=O)[O-]. The molecule has 1 atom stereocenters. The quantitative estimate of drug-likeness (QED) is 0.482. The summed E-state index contributed by atoms with van der Waals surface area (Å²) in [6.07, 6.45) is -6.03. The summed E-state index contributed by atoms with van der Waals surface area (Å²) in [5.41, 5.74) is -1.87. The number of rotatable bonds is 5. The molecule has 10 heteroatoms. The molecule has 0 aliphatic carbocycles. The van der Waals surface area contributed by atoms with Crippen LogP contribution < -0.4 is 5.32 Å². The van der Waals surface area contributed by atoms with Crippen LogP contribution >= 0.6 is 0 Å². The number of carbonyl (C=O) groups excluding carboxylic acids is 2. The summed E-state index contributed by atoms with van der Waals surface area (Å²) in [6.45, 7) is 1.19. The minimum atomic E-state index is -4.63. The zero-order valence-corrected chi connectivity index (χ0v) is 13.8.